The average molecular weight is 331 g/mol. The first-order valence-corrected chi connectivity index (χ1v) is 8.61. The van der Waals surface area contributed by atoms with Crippen molar-refractivity contribution in [2.24, 2.45) is 0 Å². The van der Waals surface area contributed by atoms with Crippen molar-refractivity contribution in [2.45, 2.75) is 19.3 Å². The molecule has 0 saturated carbocycles. The Morgan fingerprint density at radius 3 is 2.62 bits per heavy atom. The van der Waals surface area contributed by atoms with Crippen LogP contribution < -0.4 is 10.1 Å². The normalized spacial score (nSPS) is 17.5. The summed E-state index contributed by atoms with van der Waals surface area (Å²) >= 11 is 0. The summed E-state index contributed by atoms with van der Waals surface area (Å²) in [4.78, 5) is 27.5. The van der Waals surface area contributed by atoms with Gasteiger partial charge in [0.15, 0.2) is 6.61 Å². The number of ether oxygens (including phenoxy) is 1. The lowest BCUT2D eigenvalue weighted by atomic mass is 10.1. The fourth-order valence-corrected chi connectivity index (χ4v) is 3.31. The van der Waals surface area contributed by atoms with E-state index in [0.717, 1.165) is 31.7 Å². The van der Waals surface area contributed by atoms with Crippen LogP contribution in [0.15, 0.2) is 18.2 Å². The van der Waals surface area contributed by atoms with Crippen molar-refractivity contribution in [1.29, 1.82) is 0 Å². The molecule has 0 aromatic heterocycles. The zero-order chi connectivity index (χ0) is 16.9. The molecule has 1 aliphatic heterocycles. The largest absolute Gasteiger partial charge is 0.484 e. The van der Waals surface area contributed by atoms with Gasteiger partial charge >= 0.3 is 0 Å². The molecule has 0 unspecified atom stereocenters. The van der Waals surface area contributed by atoms with Crippen LogP contribution in [0.2, 0.25) is 0 Å². The number of carbonyl (C=O) groups excluding carboxylic acids is 2. The van der Waals surface area contributed by atoms with Gasteiger partial charge < -0.3 is 15.0 Å². The highest BCUT2D eigenvalue weighted by Gasteiger charge is 2.22. The summed E-state index contributed by atoms with van der Waals surface area (Å²) in [5, 5.41) is 2.62. The molecule has 1 fully saturated rings. The number of benzene rings is 1. The van der Waals surface area contributed by atoms with Crippen molar-refractivity contribution >= 4 is 11.8 Å². The Morgan fingerprint density at radius 1 is 1.12 bits per heavy atom. The number of hydrogen-bond acceptors (Lipinski definition) is 4. The van der Waals surface area contributed by atoms with Gasteiger partial charge in [-0.15, -0.1) is 0 Å². The van der Waals surface area contributed by atoms with Crippen LogP contribution in [0, 0.1) is 0 Å². The maximum Gasteiger partial charge on any atom is 0.260 e. The molecule has 130 valence electrons. The van der Waals surface area contributed by atoms with Crippen molar-refractivity contribution in [3.05, 3.63) is 29.3 Å². The topological polar surface area (TPSA) is 61.9 Å². The van der Waals surface area contributed by atoms with Crippen LogP contribution in [0.5, 0.6) is 5.75 Å². The molecule has 0 bridgehead atoms. The van der Waals surface area contributed by atoms with Crippen molar-refractivity contribution < 1.29 is 14.3 Å². The second-order valence-electron chi connectivity index (χ2n) is 6.40. The van der Waals surface area contributed by atoms with Crippen molar-refractivity contribution in [3.63, 3.8) is 0 Å². The van der Waals surface area contributed by atoms with Crippen LogP contribution in [0.3, 0.4) is 0 Å². The summed E-state index contributed by atoms with van der Waals surface area (Å²) in [6, 6.07) is 6.13. The quantitative estimate of drug-likeness (QED) is 0.851. The summed E-state index contributed by atoms with van der Waals surface area (Å²) in [6.45, 7) is 3.20. The number of piperazine rings is 1. The highest BCUT2D eigenvalue weighted by molar-refractivity contribution is 5.78. The predicted molar refractivity (Wildman–Crippen MR) is 91.0 cm³/mol. The van der Waals surface area contributed by atoms with E-state index in [0.29, 0.717) is 19.6 Å². The monoisotopic (exact) mass is 331 g/mol. The number of carbonyl (C=O) groups is 2. The van der Waals surface area contributed by atoms with Gasteiger partial charge in [0.25, 0.3) is 5.91 Å². The minimum absolute atomic E-state index is 0.00900. The predicted octanol–water partition coefficient (Wildman–Crippen LogP) is 0.444. The molecule has 6 nitrogen and oxygen atoms in total. The van der Waals surface area contributed by atoms with Crippen molar-refractivity contribution in [3.8, 4) is 5.75 Å². The summed E-state index contributed by atoms with van der Waals surface area (Å²) < 4.78 is 5.69. The number of hydrogen-bond donors (Lipinski definition) is 1. The number of nitrogens with one attached hydrogen (secondary N) is 1. The Kier molecular flexibility index (Phi) is 5.35. The third kappa shape index (κ3) is 4.06. The first-order valence-electron chi connectivity index (χ1n) is 8.61. The fourth-order valence-electron chi connectivity index (χ4n) is 3.31. The van der Waals surface area contributed by atoms with Crippen LogP contribution in [-0.4, -0.2) is 68.0 Å². The average Bonchev–Trinajstić information content (AvgIpc) is 3.08. The lowest BCUT2D eigenvalue weighted by molar-refractivity contribution is -0.135. The van der Waals surface area contributed by atoms with Gasteiger partial charge in [0, 0.05) is 33.2 Å². The van der Waals surface area contributed by atoms with Crippen LogP contribution >= 0.6 is 0 Å². The van der Waals surface area contributed by atoms with E-state index in [1.54, 1.807) is 7.05 Å². The van der Waals surface area contributed by atoms with Gasteiger partial charge in [-0.25, -0.2) is 0 Å². The van der Waals surface area contributed by atoms with E-state index in [-0.39, 0.29) is 18.4 Å². The van der Waals surface area contributed by atoms with Crippen molar-refractivity contribution in [2.75, 3.05) is 46.4 Å². The lowest BCUT2D eigenvalue weighted by Gasteiger charge is -2.34. The zero-order valence-electron chi connectivity index (χ0n) is 14.2. The van der Waals surface area contributed by atoms with E-state index in [1.165, 1.54) is 17.5 Å². The molecule has 2 aliphatic rings. The molecule has 1 aliphatic carbocycles. The number of rotatable bonds is 5. The Balaban J connectivity index is 1.44. The van der Waals surface area contributed by atoms with E-state index >= 15 is 0 Å². The lowest BCUT2D eigenvalue weighted by Crippen LogP contribution is -2.51. The second kappa shape index (κ2) is 7.66. The van der Waals surface area contributed by atoms with E-state index in [1.807, 2.05) is 11.0 Å². The van der Waals surface area contributed by atoms with Crippen LogP contribution in [-0.2, 0) is 22.4 Å². The standard InChI is InChI=1S/C18H25N3O3/c1-19-17(22)12-20-7-9-21(10-8-20)18(23)13-24-16-6-5-14-3-2-4-15(14)11-16/h5-6,11H,2-4,7-10,12-13H2,1H3,(H,19,22). The van der Waals surface area contributed by atoms with Gasteiger partial charge in [0.1, 0.15) is 5.75 Å². The molecule has 0 atom stereocenters. The molecule has 3 rings (SSSR count). The van der Waals surface area contributed by atoms with Gasteiger partial charge in [0.05, 0.1) is 6.54 Å². The minimum atomic E-state index is 0.00900. The van der Waals surface area contributed by atoms with Gasteiger partial charge in [-0.05, 0) is 42.5 Å². The van der Waals surface area contributed by atoms with E-state index < -0.39 is 0 Å². The first kappa shape index (κ1) is 16.8. The number of fused-ring (bicyclic) bond motifs is 1. The SMILES string of the molecule is CNC(=O)CN1CCN(C(=O)COc2ccc3c(c2)CCC3)CC1. The number of aryl methyl sites for hydroxylation is 2. The summed E-state index contributed by atoms with van der Waals surface area (Å²) in [6.07, 6.45) is 3.46. The number of nitrogens with zero attached hydrogens (tertiary/aromatic N) is 2. The number of likely N-dealkylation sites (N-methyl/N-ethyl adjacent to an activating group) is 1. The van der Waals surface area contributed by atoms with Crippen LogP contribution in [0.25, 0.3) is 0 Å². The van der Waals surface area contributed by atoms with Crippen molar-refractivity contribution in [1.82, 2.24) is 15.1 Å². The summed E-state index contributed by atoms with van der Waals surface area (Å²) in [5.41, 5.74) is 2.75. The van der Waals surface area contributed by atoms with Gasteiger partial charge in [-0.1, -0.05) is 6.07 Å². The zero-order valence-corrected chi connectivity index (χ0v) is 14.2. The second-order valence-corrected chi connectivity index (χ2v) is 6.40. The molecule has 2 amide bonds. The van der Waals surface area contributed by atoms with Crippen LogP contribution in [0.1, 0.15) is 17.5 Å². The maximum atomic E-state index is 12.3. The molecule has 1 heterocycles. The molecular formula is C18H25N3O3. The smallest absolute Gasteiger partial charge is 0.260 e. The summed E-state index contributed by atoms with van der Waals surface area (Å²) in [5.74, 6) is 0.798. The molecule has 1 aromatic carbocycles. The van der Waals surface area contributed by atoms with E-state index in [4.69, 9.17) is 4.74 Å². The third-order valence-electron chi connectivity index (χ3n) is 4.80. The molecule has 0 radical (unpaired) electrons. The van der Waals surface area contributed by atoms with Crippen LogP contribution in [0.4, 0.5) is 0 Å². The fraction of sp³-hybridized carbons (Fsp3) is 0.556. The van der Waals surface area contributed by atoms with Gasteiger partial charge in [-0.2, -0.15) is 0 Å². The third-order valence-corrected chi connectivity index (χ3v) is 4.80. The molecule has 24 heavy (non-hydrogen) atoms. The van der Waals surface area contributed by atoms with Gasteiger partial charge in [-0.3, -0.25) is 14.5 Å². The number of amides is 2. The highest BCUT2D eigenvalue weighted by Crippen LogP contribution is 2.26. The Morgan fingerprint density at radius 2 is 1.88 bits per heavy atom. The van der Waals surface area contributed by atoms with E-state index in [9.17, 15) is 9.59 Å². The molecular weight excluding hydrogens is 306 g/mol. The molecule has 1 N–H and O–H groups in total. The summed E-state index contributed by atoms with van der Waals surface area (Å²) in [7, 11) is 1.64. The Hall–Kier alpha value is -2.08. The molecule has 0 spiro atoms. The minimum Gasteiger partial charge on any atom is -0.484 e. The Labute approximate surface area is 142 Å². The molecule has 6 heteroatoms. The first-order chi connectivity index (χ1) is 11.7. The maximum absolute atomic E-state index is 12.3. The Bertz CT molecular complexity index is 610. The van der Waals surface area contributed by atoms with E-state index in [2.05, 4.69) is 22.3 Å². The van der Waals surface area contributed by atoms with Gasteiger partial charge in [0.2, 0.25) is 5.91 Å². The highest BCUT2D eigenvalue weighted by atomic mass is 16.5. The molecule has 1 saturated heterocycles. The molecule has 1 aromatic rings.